The largest absolute Gasteiger partial charge is 0.480 e. The van der Waals surface area contributed by atoms with Gasteiger partial charge in [0.1, 0.15) is 12.2 Å². The maximum Gasteiger partial charge on any atom is 0.320 e. The van der Waals surface area contributed by atoms with Gasteiger partial charge in [-0.05, 0) is 12.8 Å². The third kappa shape index (κ3) is 3.03. The smallest absolute Gasteiger partial charge is 0.320 e. The van der Waals surface area contributed by atoms with E-state index < -0.39 is 18.2 Å². The predicted octanol–water partition coefficient (Wildman–Crippen LogP) is 0.583. The van der Waals surface area contributed by atoms with Gasteiger partial charge in [0, 0.05) is 6.54 Å². The minimum absolute atomic E-state index is 0. The quantitative estimate of drug-likeness (QED) is 0.626. The van der Waals surface area contributed by atoms with Crippen LogP contribution in [0.25, 0.3) is 0 Å². The summed E-state index contributed by atoms with van der Waals surface area (Å²) >= 11 is 0. The van der Waals surface area contributed by atoms with Gasteiger partial charge < -0.3 is 10.4 Å². The first kappa shape index (κ1) is 10.7. The highest BCUT2D eigenvalue weighted by Crippen LogP contribution is 2.10. The van der Waals surface area contributed by atoms with E-state index in [-0.39, 0.29) is 19.0 Å². The molecule has 2 atom stereocenters. The molecule has 0 amide bonds. The number of hydrogen-bond acceptors (Lipinski definition) is 2. The van der Waals surface area contributed by atoms with E-state index in [0.717, 1.165) is 0 Å². The van der Waals surface area contributed by atoms with Crippen molar-refractivity contribution in [2.45, 2.75) is 25.1 Å². The summed E-state index contributed by atoms with van der Waals surface area (Å²) in [5.41, 5.74) is 0. The van der Waals surface area contributed by atoms with Gasteiger partial charge in [0.05, 0.1) is 0 Å². The van der Waals surface area contributed by atoms with Crippen molar-refractivity contribution in [3.8, 4) is 0 Å². The monoisotopic (exact) mass is 183 g/mol. The van der Waals surface area contributed by atoms with E-state index in [9.17, 15) is 9.18 Å². The number of nitrogens with one attached hydrogen (secondary N) is 1. The van der Waals surface area contributed by atoms with E-state index in [1.54, 1.807) is 0 Å². The Hall–Kier alpha value is -0.350. The molecule has 3 nitrogen and oxygen atoms in total. The zero-order valence-corrected chi connectivity index (χ0v) is 6.73. The van der Waals surface area contributed by atoms with Gasteiger partial charge in [-0.3, -0.25) is 4.79 Å². The number of rotatable bonds is 1. The Balaban J connectivity index is 0.000001000. The minimum Gasteiger partial charge on any atom is -0.480 e. The summed E-state index contributed by atoms with van der Waals surface area (Å²) in [5, 5.41) is 11.0. The number of carbonyl (C=O) groups is 1. The Morgan fingerprint density at radius 2 is 2.18 bits per heavy atom. The molecule has 1 aliphatic rings. The SMILES string of the molecule is Cl.O=C(O)C1CCC(F)CN1. The Morgan fingerprint density at radius 1 is 1.55 bits per heavy atom. The fourth-order valence-electron chi connectivity index (χ4n) is 1.03. The summed E-state index contributed by atoms with van der Waals surface area (Å²) in [4.78, 5) is 10.3. The molecule has 1 heterocycles. The summed E-state index contributed by atoms with van der Waals surface area (Å²) in [5.74, 6) is -0.883. The summed E-state index contributed by atoms with van der Waals surface area (Å²) < 4.78 is 12.4. The summed E-state index contributed by atoms with van der Waals surface area (Å²) in [7, 11) is 0. The summed E-state index contributed by atoms with van der Waals surface area (Å²) in [6, 6.07) is -0.535. The molecule has 1 fully saturated rings. The first-order valence-corrected chi connectivity index (χ1v) is 3.30. The molecule has 11 heavy (non-hydrogen) atoms. The number of carboxylic acids is 1. The first-order valence-electron chi connectivity index (χ1n) is 3.30. The van der Waals surface area contributed by atoms with Gasteiger partial charge in [-0.2, -0.15) is 0 Å². The van der Waals surface area contributed by atoms with Crippen molar-refractivity contribution in [1.29, 1.82) is 0 Å². The molecule has 0 radical (unpaired) electrons. The van der Waals surface area contributed by atoms with E-state index in [2.05, 4.69) is 5.32 Å². The standard InChI is InChI=1S/C6H10FNO2.ClH/c7-4-1-2-5(6(9)10)8-3-4;/h4-5,8H,1-3H2,(H,9,10);1H. The zero-order chi connectivity index (χ0) is 7.56. The molecule has 0 saturated carbocycles. The highest BCUT2D eigenvalue weighted by atomic mass is 35.5. The van der Waals surface area contributed by atoms with Gasteiger partial charge >= 0.3 is 5.97 Å². The van der Waals surface area contributed by atoms with Crippen molar-refractivity contribution < 1.29 is 14.3 Å². The van der Waals surface area contributed by atoms with Gasteiger partial charge in [0.2, 0.25) is 0 Å². The lowest BCUT2D eigenvalue weighted by Crippen LogP contribution is -2.44. The topological polar surface area (TPSA) is 49.3 Å². The van der Waals surface area contributed by atoms with Crippen molar-refractivity contribution in [2.75, 3.05) is 6.54 Å². The first-order chi connectivity index (χ1) is 4.70. The number of hydrogen-bond donors (Lipinski definition) is 2. The Morgan fingerprint density at radius 3 is 2.55 bits per heavy atom. The van der Waals surface area contributed by atoms with Crippen LogP contribution in [0, 0.1) is 0 Å². The molecule has 0 aliphatic carbocycles. The molecule has 2 unspecified atom stereocenters. The number of alkyl halides is 1. The Labute approximate surface area is 70.4 Å². The van der Waals surface area contributed by atoms with E-state index in [0.29, 0.717) is 12.8 Å². The molecule has 1 rings (SSSR count). The molecule has 0 spiro atoms. The molecule has 0 aromatic rings. The van der Waals surface area contributed by atoms with Crippen LogP contribution in [0.1, 0.15) is 12.8 Å². The van der Waals surface area contributed by atoms with Gasteiger partial charge in [-0.1, -0.05) is 0 Å². The van der Waals surface area contributed by atoms with E-state index in [4.69, 9.17) is 5.11 Å². The second-order valence-electron chi connectivity index (χ2n) is 2.47. The van der Waals surface area contributed by atoms with Crippen molar-refractivity contribution in [3.63, 3.8) is 0 Å². The molecule has 0 aromatic heterocycles. The van der Waals surface area contributed by atoms with Crippen LogP contribution in [0.15, 0.2) is 0 Å². The van der Waals surface area contributed by atoms with Crippen LogP contribution >= 0.6 is 12.4 Å². The van der Waals surface area contributed by atoms with Crippen molar-refractivity contribution in [3.05, 3.63) is 0 Å². The average molecular weight is 184 g/mol. The van der Waals surface area contributed by atoms with Gasteiger partial charge in [0.25, 0.3) is 0 Å². The van der Waals surface area contributed by atoms with Crippen LogP contribution in [0.3, 0.4) is 0 Å². The molecular formula is C6H11ClFNO2. The molecule has 0 aromatic carbocycles. The number of aliphatic carboxylic acids is 1. The Bertz CT molecular complexity index is 137. The molecule has 66 valence electrons. The lowest BCUT2D eigenvalue weighted by Gasteiger charge is -2.22. The predicted molar refractivity (Wildman–Crippen MR) is 40.8 cm³/mol. The van der Waals surface area contributed by atoms with Crippen LogP contribution < -0.4 is 5.32 Å². The minimum atomic E-state index is -0.883. The van der Waals surface area contributed by atoms with E-state index in [1.807, 2.05) is 0 Å². The maximum absolute atomic E-state index is 12.4. The van der Waals surface area contributed by atoms with Crippen molar-refractivity contribution in [2.24, 2.45) is 0 Å². The highest BCUT2D eigenvalue weighted by molar-refractivity contribution is 5.85. The fraction of sp³-hybridized carbons (Fsp3) is 0.833. The zero-order valence-electron chi connectivity index (χ0n) is 5.92. The van der Waals surface area contributed by atoms with E-state index in [1.165, 1.54) is 0 Å². The van der Waals surface area contributed by atoms with Gasteiger partial charge in [-0.25, -0.2) is 4.39 Å². The van der Waals surface area contributed by atoms with Crippen LogP contribution in [0.5, 0.6) is 0 Å². The van der Waals surface area contributed by atoms with Crippen molar-refractivity contribution in [1.82, 2.24) is 5.32 Å². The third-order valence-electron chi connectivity index (χ3n) is 1.65. The van der Waals surface area contributed by atoms with Crippen LogP contribution in [0.4, 0.5) is 4.39 Å². The normalized spacial score (nSPS) is 30.6. The number of piperidine rings is 1. The lowest BCUT2D eigenvalue weighted by atomic mass is 10.0. The highest BCUT2D eigenvalue weighted by Gasteiger charge is 2.24. The van der Waals surface area contributed by atoms with E-state index >= 15 is 0 Å². The fourth-order valence-corrected chi connectivity index (χ4v) is 1.03. The second-order valence-corrected chi connectivity index (χ2v) is 2.47. The molecular weight excluding hydrogens is 173 g/mol. The lowest BCUT2D eigenvalue weighted by molar-refractivity contribution is -0.140. The molecule has 0 bridgehead atoms. The average Bonchev–Trinajstić information content (AvgIpc) is 1.88. The van der Waals surface area contributed by atoms with Crippen molar-refractivity contribution >= 4 is 18.4 Å². The summed E-state index contributed by atoms with van der Waals surface area (Å²) in [6.45, 7) is 0.178. The maximum atomic E-state index is 12.4. The van der Waals surface area contributed by atoms with Gasteiger partial charge in [-0.15, -0.1) is 12.4 Å². The van der Waals surface area contributed by atoms with Crippen LogP contribution in [0.2, 0.25) is 0 Å². The number of carboxylic acid groups (broad SMARTS) is 1. The van der Waals surface area contributed by atoms with Crippen LogP contribution in [-0.4, -0.2) is 29.8 Å². The molecule has 2 N–H and O–H groups in total. The Kier molecular flexibility index (Phi) is 4.37. The molecule has 1 saturated heterocycles. The molecule has 5 heteroatoms. The third-order valence-corrected chi connectivity index (χ3v) is 1.65. The molecule has 1 aliphatic heterocycles. The van der Waals surface area contributed by atoms with Gasteiger partial charge in [0.15, 0.2) is 0 Å². The number of halogens is 2. The second kappa shape index (κ2) is 4.51. The van der Waals surface area contributed by atoms with Crippen LogP contribution in [-0.2, 0) is 4.79 Å². The summed E-state index contributed by atoms with van der Waals surface area (Å²) in [6.07, 6.45) is -0.101.